The minimum atomic E-state index is -1.96. The summed E-state index contributed by atoms with van der Waals surface area (Å²) in [4.78, 5) is 14.4. The van der Waals surface area contributed by atoms with Crippen molar-refractivity contribution in [2.45, 2.75) is 246 Å². The number of ether oxygens (including phenoxy) is 9. The van der Waals surface area contributed by atoms with E-state index in [9.17, 15) is 96.7 Å². The molecule has 0 spiro atoms. The summed E-state index contributed by atoms with van der Waals surface area (Å²) in [6.45, 7) is 6.96. The lowest BCUT2D eigenvalue weighted by Crippen LogP contribution is -2.67. The van der Waals surface area contributed by atoms with Crippen LogP contribution in [-0.2, 0) is 47.4 Å². The van der Waals surface area contributed by atoms with E-state index in [0.29, 0.717) is 31.3 Å². The number of carbonyl (C=O) groups excluding carboxylic acids is 1. The number of fused-ring (bicyclic) bond motifs is 6. The molecule has 0 aromatic rings. The SMILES string of the molecule is C[C@H]1O[C@@H](O[C@H]2CC[C@@]3(C)[C@@H](CC[C@]4(C)[C@@H]3C=CC3=C5C[C@@](C)(C(=O)OC[C@H]6O[C@@H](OC[C@H](O)[C@H](O)[C@H](O)CO)[C@H](O)[C@@H](O)[C@@H]6O)CC[C@]5(CO)[C@@H](O)C[C@]34C)[C@]2(C)CO)[C@H](O)[C@@H](O[C@@H]2O[C@H](CO)[C@@H](O)[C@H](O)[C@H]2O[C@@H]2O[C@H](CO)[C@@H](O)[C@H](O)[C@H]2O)[C@H]1O. The summed E-state index contributed by atoms with van der Waals surface area (Å²) < 4.78 is 53.1. The highest BCUT2D eigenvalue weighted by molar-refractivity contribution is 5.77. The number of rotatable bonds is 19. The summed E-state index contributed by atoms with van der Waals surface area (Å²) in [6.07, 6.45) is -34.3. The maximum absolute atomic E-state index is 14.4. The van der Waals surface area contributed by atoms with E-state index in [1.54, 1.807) is 6.92 Å². The fraction of sp³-hybridized carbons (Fsp3) is 0.915. The third kappa shape index (κ3) is 11.8. The van der Waals surface area contributed by atoms with Gasteiger partial charge in [0.15, 0.2) is 25.2 Å². The third-order valence-corrected chi connectivity index (χ3v) is 22.7. The van der Waals surface area contributed by atoms with Gasteiger partial charge < -0.3 is 140 Å². The zero-order valence-corrected chi connectivity index (χ0v) is 50.4. The first-order valence-corrected chi connectivity index (χ1v) is 30.7. The third-order valence-electron chi connectivity index (χ3n) is 22.7. The van der Waals surface area contributed by atoms with Crippen molar-refractivity contribution in [2.75, 3.05) is 46.2 Å². The van der Waals surface area contributed by atoms with Crippen LogP contribution in [0, 0.1) is 44.3 Å². The van der Waals surface area contributed by atoms with Gasteiger partial charge in [-0.1, -0.05) is 45.4 Å². The summed E-state index contributed by atoms with van der Waals surface area (Å²) in [5.74, 6) is -1.12. The predicted molar refractivity (Wildman–Crippen MR) is 294 cm³/mol. The number of aliphatic hydroxyl groups is 19. The van der Waals surface area contributed by atoms with Crippen molar-refractivity contribution >= 4 is 5.97 Å². The molecule has 9 aliphatic rings. The van der Waals surface area contributed by atoms with E-state index in [4.69, 9.17) is 47.7 Å². The van der Waals surface area contributed by atoms with Crippen molar-refractivity contribution in [1.29, 1.82) is 0 Å². The van der Waals surface area contributed by atoms with Crippen molar-refractivity contribution < 1.29 is 144 Å². The van der Waals surface area contributed by atoms with E-state index >= 15 is 0 Å². The van der Waals surface area contributed by atoms with Crippen LogP contribution >= 0.6 is 0 Å². The number of carbonyl (C=O) groups is 1. The molecule has 33 atom stereocenters. The minimum Gasteiger partial charge on any atom is -0.462 e. The van der Waals surface area contributed by atoms with E-state index < -0.39 is 231 Å². The van der Waals surface area contributed by atoms with Crippen molar-refractivity contribution in [1.82, 2.24) is 0 Å². The average molecular weight is 1270 g/mol. The van der Waals surface area contributed by atoms with Crippen molar-refractivity contribution in [3.05, 3.63) is 23.3 Å². The van der Waals surface area contributed by atoms with Gasteiger partial charge in [-0.25, -0.2) is 0 Å². The second-order valence-electron chi connectivity index (χ2n) is 27.7. The lowest BCUT2D eigenvalue weighted by molar-refractivity contribution is -0.391. The Hall–Kier alpha value is -2.13. The van der Waals surface area contributed by atoms with Crippen LogP contribution in [0.4, 0.5) is 0 Å². The van der Waals surface area contributed by atoms with Crippen LogP contribution in [0.5, 0.6) is 0 Å². The first-order valence-electron chi connectivity index (χ1n) is 30.7. The first kappa shape index (κ1) is 70.2. The van der Waals surface area contributed by atoms with Gasteiger partial charge in [-0.15, -0.1) is 0 Å². The molecule has 0 unspecified atom stereocenters. The van der Waals surface area contributed by atoms with Crippen LogP contribution in [0.1, 0.15) is 92.9 Å². The molecule has 0 aromatic heterocycles. The summed E-state index contributed by atoms with van der Waals surface area (Å²) in [5, 5.41) is 204. The van der Waals surface area contributed by atoms with Gasteiger partial charge in [-0.3, -0.25) is 4.79 Å². The lowest BCUT2D eigenvalue weighted by Gasteiger charge is -2.70. The highest BCUT2D eigenvalue weighted by atomic mass is 16.8. The predicted octanol–water partition coefficient (Wildman–Crippen LogP) is -6.07. The molecule has 7 fully saturated rings. The average Bonchev–Trinajstić information content (AvgIpc) is 0.677. The number of hydrogen-bond donors (Lipinski definition) is 19. The maximum atomic E-state index is 14.4. The highest BCUT2D eigenvalue weighted by Gasteiger charge is 2.70. The number of hydrogen-bond acceptors (Lipinski definition) is 29. The van der Waals surface area contributed by atoms with Gasteiger partial charge in [-0.05, 0) is 93.5 Å². The molecule has 29 heteroatoms. The molecule has 0 bridgehead atoms. The largest absolute Gasteiger partial charge is 0.462 e. The number of esters is 1. The molecule has 506 valence electrons. The Morgan fingerprint density at radius 1 is 0.614 bits per heavy atom. The van der Waals surface area contributed by atoms with Gasteiger partial charge in [0.1, 0.15) is 116 Å². The monoisotopic (exact) mass is 1270 g/mol. The van der Waals surface area contributed by atoms with Crippen LogP contribution in [0.15, 0.2) is 23.3 Å². The van der Waals surface area contributed by atoms with Crippen LogP contribution in [0.25, 0.3) is 0 Å². The van der Waals surface area contributed by atoms with Crippen LogP contribution in [-0.4, -0.2) is 303 Å². The van der Waals surface area contributed by atoms with Crippen molar-refractivity contribution in [3.8, 4) is 0 Å². The van der Waals surface area contributed by atoms with E-state index in [1.807, 2.05) is 6.92 Å². The second kappa shape index (κ2) is 26.6. The molecule has 4 heterocycles. The van der Waals surface area contributed by atoms with Crippen molar-refractivity contribution in [3.63, 3.8) is 0 Å². The normalized spacial score (nSPS) is 51.5. The topological polar surface area (TPSA) is 485 Å². The van der Waals surface area contributed by atoms with Gasteiger partial charge in [-0.2, -0.15) is 0 Å². The lowest BCUT2D eigenvalue weighted by atomic mass is 9.35. The van der Waals surface area contributed by atoms with Gasteiger partial charge >= 0.3 is 5.97 Å². The molecule has 9 rings (SSSR count). The molecule has 4 aliphatic heterocycles. The Labute approximate surface area is 509 Å². The smallest absolute Gasteiger partial charge is 0.312 e. The standard InChI is InChI=1S/C59H96O29/c1-24-36(68)47(87-52-48(43(75)39(71)30(19-62)84-52)88-50-45(77)41(73)38(70)29(18-61)83-50)46(78)51(82-24)86-35-10-11-55(3)32(56(35,4)22-63)9-12-57(5)33(55)8-7-25-26-15-54(2,13-14-59(26,23-64)34(67)16-58(25,57)6)53(79)81-21-31-40(72)42(74)44(76)49(85-31)80-20-28(66)37(69)27(65)17-60/h7-8,24,27-52,60-78H,9-23H2,1-6H3/t24-,27-,28+,29-,30-,31-,32-,33-,34+,35+,36+,37-,38-,39-,40-,41+,42+,43+,44-,45-,46-,47+,48-,49-,50+,51+,52+,54+,55+,56+,57-,58-,59-/m1/s1. The van der Waals surface area contributed by atoms with Gasteiger partial charge in [0.25, 0.3) is 0 Å². The van der Waals surface area contributed by atoms with E-state index in [2.05, 4.69) is 32.9 Å². The zero-order valence-electron chi connectivity index (χ0n) is 50.4. The zero-order chi connectivity index (χ0) is 64.7. The molecular weight excluding hydrogens is 1170 g/mol. The Bertz CT molecular complexity index is 2460. The molecule has 88 heavy (non-hydrogen) atoms. The molecule has 0 aromatic carbocycles. The fourth-order valence-corrected chi connectivity index (χ4v) is 16.7. The van der Waals surface area contributed by atoms with Crippen LogP contribution in [0.3, 0.4) is 0 Å². The van der Waals surface area contributed by atoms with E-state index in [-0.39, 0.29) is 44.1 Å². The van der Waals surface area contributed by atoms with E-state index in [0.717, 1.165) is 5.57 Å². The maximum Gasteiger partial charge on any atom is 0.312 e. The quantitative estimate of drug-likeness (QED) is 0.0423. The Morgan fingerprint density at radius 2 is 1.20 bits per heavy atom. The number of allylic oxidation sites excluding steroid dienone is 3. The minimum absolute atomic E-state index is 0.0666. The Kier molecular flexibility index (Phi) is 21.2. The number of aliphatic hydroxyl groups excluding tert-OH is 19. The van der Waals surface area contributed by atoms with Crippen molar-refractivity contribution in [2.24, 2.45) is 44.3 Å². The van der Waals surface area contributed by atoms with E-state index in [1.165, 1.54) is 6.92 Å². The second-order valence-corrected chi connectivity index (χ2v) is 27.7. The molecule has 3 saturated carbocycles. The molecule has 0 amide bonds. The molecule has 0 radical (unpaired) electrons. The summed E-state index contributed by atoms with van der Waals surface area (Å²) in [5.41, 5.74) is -3.62. The fourth-order valence-electron chi connectivity index (χ4n) is 16.7. The summed E-state index contributed by atoms with van der Waals surface area (Å²) in [7, 11) is 0. The highest BCUT2D eigenvalue weighted by Crippen LogP contribution is 2.74. The van der Waals surface area contributed by atoms with Crippen LogP contribution < -0.4 is 0 Å². The van der Waals surface area contributed by atoms with Gasteiger partial charge in [0.05, 0.1) is 63.4 Å². The Morgan fingerprint density at radius 3 is 1.83 bits per heavy atom. The summed E-state index contributed by atoms with van der Waals surface area (Å²) in [6, 6.07) is 0. The molecule has 29 nitrogen and oxygen atoms in total. The van der Waals surface area contributed by atoms with Crippen LogP contribution in [0.2, 0.25) is 0 Å². The molecule has 5 aliphatic carbocycles. The van der Waals surface area contributed by atoms with Gasteiger partial charge in [0, 0.05) is 16.2 Å². The Balaban J connectivity index is 0.919. The molecule has 19 N–H and O–H groups in total. The first-order chi connectivity index (χ1) is 41.3. The molecular formula is C59H96O29. The van der Waals surface area contributed by atoms with Gasteiger partial charge in [0.2, 0.25) is 0 Å². The summed E-state index contributed by atoms with van der Waals surface area (Å²) >= 11 is 0. The molecule has 4 saturated heterocycles.